The molecule has 0 spiro atoms. The molecule has 3 aromatic rings. The molecule has 0 aliphatic carbocycles. The highest BCUT2D eigenvalue weighted by atomic mass is 32.2. The van der Waals surface area contributed by atoms with Crippen molar-refractivity contribution in [3.63, 3.8) is 0 Å². The van der Waals surface area contributed by atoms with E-state index in [1.165, 1.54) is 12.1 Å². The number of likely N-dealkylation sites (tertiary alicyclic amines) is 1. The van der Waals surface area contributed by atoms with Crippen LogP contribution in [0.3, 0.4) is 0 Å². The van der Waals surface area contributed by atoms with E-state index in [0.29, 0.717) is 37.4 Å². The van der Waals surface area contributed by atoms with Crippen LogP contribution < -0.4 is 9.04 Å². The summed E-state index contributed by atoms with van der Waals surface area (Å²) in [6.45, 7) is 0.408. The summed E-state index contributed by atoms with van der Waals surface area (Å²) in [6, 6.07) is 23.9. The summed E-state index contributed by atoms with van der Waals surface area (Å²) in [4.78, 5) is 14.8. The third kappa shape index (κ3) is 5.35. The maximum Gasteiger partial charge on any atom is 0.264 e. The summed E-state index contributed by atoms with van der Waals surface area (Å²) in [7, 11) is -4.06. The first-order valence-electron chi connectivity index (χ1n) is 10.8. The third-order valence-corrected chi connectivity index (χ3v) is 7.31. The van der Waals surface area contributed by atoms with Gasteiger partial charge in [0.1, 0.15) is 12.3 Å². The van der Waals surface area contributed by atoms with Gasteiger partial charge < -0.3 is 14.7 Å². The van der Waals surface area contributed by atoms with Crippen molar-refractivity contribution in [3.05, 3.63) is 84.9 Å². The average molecular weight is 467 g/mol. The van der Waals surface area contributed by atoms with Crippen LogP contribution in [0.15, 0.2) is 89.8 Å². The highest BCUT2D eigenvalue weighted by molar-refractivity contribution is 7.92. The largest absolute Gasteiger partial charge is 0.455 e. The maximum absolute atomic E-state index is 13.7. The molecule has 7 nitrogen and oxygen atoms in total. The number of sulfonamides is 1. The van der Waals surface area contributed by atoms with Crippen molar-refractivity contribution in [1.29, 1.82) is 0 Å². The molecule has 1 saturated heterocycles. The van der Waals surface area contributed by atoms with Crippen LogP contribution in [0, 0.1) is 0 Å². The Morgan fingerprint density at radius 2 is 1.48 bits per heavy atom. The molecule has 0 unspecified atom stereocenters. The predicted octanol–water partition coefficient (Wildman–Crippen LogP) is 3.66. The molecule has 0 radical (unpaired) electrons. The van der Waals surface area contributed by atoms with E-state index in [9.17, 15) is 18.3 Å². The van der Waals surface area contributed by atoms with Crippen LogP contribution >= 0.6 is 0 Å². The summed E-state index contributed by atoms with van der Waals surface area (Å²) >= 11 is 0. The Morgan fingerprint density at radius 1 is 0.909 bits per heavy atom. The summed E-state index contributed by atoms with van der Waals surface area (Å²) in [5, 5.41) is 9.76. The van der Waals surface area contributed by atoms with Gasteiger partial charge in [-0.2, -0.15) is 0 Å². The molecule has 1 N–H and O–H groups in total. The summed E-state index contributed by atoms with van der Waals surface area (Å²) in [5.74, 6) is 0.555. The van der Waals surface area contributed by atoms with Crippen molar-refractivity contribution < 1.29 is 23.1 Å². The van der Waals surface area contributed by atoms with Crippen molar-refractivity contribution in [1.82, 2.24) is 4.90 Å². The number of aliphatic hydroxyl groups is 1. The number of carbonyl (C=O) groups is 1. The highest BCUT2D eigenvalue weighted by Crippen LogP contribution is 2.35. The van der Waals surface area contributed by atoms with Crippen molar-refractivity contribution in [3.8, 4) is 11.5 Å². The normalized spacial score (nSPS) is 14.6. The number of hydrogen-bond acceptors (Lipinski definition) is 5. The molecule has 4 rings (SSSR count). The second-order valence-corrected chi connectivity index (χ2v) is 9.68. The predicted molar refractivity (Wildman–Crippen MR) is 126 cm³/mol. The fraction of sp³-hybridized carbons (Fsp3) is 0.240. The smallest absolute Gasteiger partial charge is 0.264 e. The van der Waals surface area contributed by atoms with Crippen molar-refractivity contribution in [2.75, 3.05) is 23.9 Å². The monoisotopic (exact) mass is 466 g/mol. The molecule has 3 aromatic carbocycles. The lowest BCUT2D eigenvalue weighted by molar-refractivity contribution is -0.131. The average Bonchev–Trinajstić information content (AvgIpc) is 2.84. The minimum absolute atomic E-state index is 0.0846. The van der Waals surface area contributed by atoms with Crippen LogP contribution in [-0.4, -0.2) is 50.1 Å². The van der Waals surface area contributed by atoms with Crippen LogP contribution in [0.2, 0.25) is 0 Å². The summed E-state index contributed by atoms with van der Waals surface area (Å²) in [5.41, 5.74) is 0.274. The highest BCUT2D eigenvalue weighted by Gasteiger charge is 2.32. The molecule has 8 heteroatoms. The molecule has 0 atom stereocenters. The number of anilines is 1. The molecule has 1 heterocycles. The first kappa shape index (κ1) is 22.8. The Kier molecular flexibility index (Phi) is 6.96. The molecule has 172 valence electrons. The van der Waals surface area contributed by atoms with Crippen LogP contribution in [0.1, 0.15) is 12.8 Å². The topological polar surface area (TPSA) is 87.2 Å². The van der Waals surface area contributed by atoms with Crippen LogP contribution in [0.5, 0.6) is 11.5 Å². The molecule has 1 aliphatic rings. The van der Waals surface area contributed by atoms with Gasteiger partial charge in [-0.1, -0.05) is 48.5 Å². The number of piperidine rings is 1. The molecule has 1 fully saturated rings. The van der Waals surface area contributed by atoms with Crippen LogP contribution in [0.25, 0.3) is 0 Å². The molecule has 33 heavy (non-hydrogen) atoms. The van der Waals surface area contributed by atoms with Crippen molar-refractivity contribution >= 4 is 21.6 Å². The van der Waals surface area contributed by atoms with Gasteiger partial charge in [0.2, 0.25) is 5.91 Å². The van der Waals surface area contributed by atoms with Gasteiger partial charge >= 0.3 is 0 Å². The molecular weight excluding hydrogens is 440 g/mol. The van der Waals surface area contributed by atoms with E-state index in [1.54, 1.807) is 59.5 Å². The number of rotatable bonds is 7. The number of nitrogens with zero attached hydrogens (tertiary/aromatic N) is 2. The molecule has 0 saturated carbocycles. The van der Waals surface area contributed by atoms with Gasteiger partial charge in [0.05, 0.1) is 16.7 Å². The number of benzene rings is 3. The minimum atomic E-state index is -4.06. The van der Waals surface area contributed by atoms with E-state index in [0.717, 1.165) is 4.31 Å². The second-order valence-electron chi connectivity index (χ2n) is 7.82. The number of ether oxygens (including phenoxy) is 1. The first-order valence-corrected chi connectivity index (χ1v) is 12.2. The SMILES string of the molecule is O=C(CN(c1ccccc1Oc1ccccc1)S(=O)(=O)c1ccccc1)N1CCC(O)CC1. The van der Waals surface area contributed by atoms with Crippen LogP contribution in [-0.2, 0) is 14.8 Å². The van der Waals surface area contributed by atoms with Gasteiger partial charge in [-0.3, -0.25) is 9.10 Å². The lowest BCUT2D eigenvalue weighted by Crippen LogP contribution is -2.46. The summed E-state index contributed by atoms with van der Waals surface area (Å²) in [6.07, 6.45) is 0.522. The Bertz CT molecular complexity index is 1180. The Morgan fingerprint density at radius 3 is 2.15 bits per heavy atom. The first-order chi connectivity index (χ1) is 15.9. The van der Waals surface area contributed by atoms with Gasteiger partial charge in [-0.25, -0.2) is 8.42 Å². The number of hydrogen-bond donors (Lipinski definition) is 1. The number of carbonyl (C=O) groups excluding carboxylic acids is 1. The molecule has 1 aliphatic heterocycles. The molecule has 0 aromatic heterocycles. The van der Waals surface area contributed by atoms with Gasteiger partial charge in [0.15, 0.2) is 5.75 Å². The fourth-order valence-corrected chi connectivity index (χ4v) is 5.17. The van der Waals surface area contributed by atoms with Gasteiger partial charge in [-0.15, -0.1) is 0 Å². The molecule has 0 bridgehead atoms. The zero-order chi connectivity index (χ0) is 23.3. The zero-order valence-electron chi connectivity index (χ0n) is 18.1. The number of amides is 1. The lowest BCUT2D eigenvalue weighted by Gasteiger charge is -2.32. The number of aliphatic hydroxyl groups excluding tert-OH is 1. The van der Waals surface area contributed by atoms with E-state index in [2.05, 4.69) is 0 Å². The van der Waals surface area contributed by atoms with E-state index >= 15 is 0 Å². The van der Waals surface area contributed by atoms with Crippen molar-refractivity contribution in [2.45, 2.75) is 23.8 Å². The van der Waals surface area contributed by atoms with Crippen molar-refractivity contribution in [2.24, 2.45) is 0 Å². The van der Waals surface area contributed by atoms with E-state index < -0.39 is 16.1 Å². The molecular formula is C25H26N2O5S. The standard InChI is InChI=1S/C25H26N2O5S/c28-20-15-17-26(18-16-20)25(29)19-27(33(30,31)22-11-5-2-6-12-22)23-13-7-8-14-24(23)32-21-9-3-1-4-10-21/h1-14,20,28H,15-19H2. The number of para-hydroxylation sites is 3. The van der Waals surface area contributed by atoms with E-state index in [-0.39, 0.29) is 23.0 Å². The third-order valence-electron chi connectivity index (χ3n) is 5.53. The molecule has 1 amide bonds. The second kappa shape index (κ2) is 10.1. The van der Waals surface area contributed by atoms with Gasteiger partial charge in [0.25, 0.3) is 10.0 Å². The summed E-state index contributed by atoms with van der Waals surface area (Å²) < 4.78 is 34.4. The minimum Gasteiger partial charge on any atom is -0.455 e. The van der Waals surface area contributed by atoms with Gasteiger partial charge in [-0.05, 0) is 49.2 Å². The zero-order valence-corrected chi connectivity index (χ0v) is 18.9. The van der Waals surface area contributed by atoms with E-state index in [1.807, 2.05) is 18.2 Å². The fourth-order valence-electron chi connectivity index (χ4n) is 3.72. The Labute approximate surface area is 193 Å². The Hall–Kier alpha value is -3.36. The van der Waals surface area contributed by atoms with Crippen LogP contribution in [0.4, 0.5) is 5.69 Å². The van der Waals surface area contributed by atoms with Gasteiger partial charge in [0, 0.05) is 13.1 Å². The quantitative estimate of drug-likeness (QED) is 0.574. The lowest BCUT2D eigenvalue weighted by atomic mass is 10.1. The Balaban J connectivity index is 1.71. The van der Waals surface area contributed by atoms with E-state index in [4.69, 9.17) is 4.74 Å². The maximum atomic E-state index is 13.7.